The minimum atomic E-state index is -4.95. The van der Waals surface area contributed by atoms with E-state index < -0.39 is 18.4 Å². The summed E-state index contributed by atoms with van der Waals surface area (Å²) in [5.74, 6) is -2.73. The van der Waals surface area contributed by atoms with E-state index in [2.05, 4.69) is 16.6 Å². The lowest BCUT2D eigenvalue weighted by Gasteiger charge is -2.22. The van der Waals surface area contributed by atoms with Crippen LogP contribution in [0.25, 0.3) is 0 Å². The highest BCUT2D eigenvalue weighted by Crippen LogP contribution is 2.39. The van der Waals surface area contributed by atoms with E-state index in [0.717, 1.165) is 0 Å². The highest BCUT2D eigenvalue weighted by molar-refractivity contribution is 6.01. The SMILES string of the molecule is C=C/C(OC)=C(\C=C(/C)C1=NOC(O)(C(F)(F)F)C1)OCCCOC. The van der Waals surface area contributed by atoms with Crippen molar-refractivity contribution in [3.8, 4) is 0 Å². The highest BCUT2D eigenvalue weighted by atomic mass is 19.4. The number of rotatable bonds is 9. The summed E-state index contributed by atoms with van der Waals surface area (Å²) in [5.41, 5.74) is 0.288. The lowest BCUT2D eigenvalue weighted by Crippen LogP contribution is -2.45. The van der Waals surface area contributed by atoms with Crippen LogP contribution in [0.2, 0.25) is 0 Å². The van der Waals surface area contributed by atoms with Crippen LogP contribution in [0, 0.1) is 0 Å². The van der Waals surface area contributed by atoms with Gasteiger partial charge in [-0.05, 0) is 24.6 Å². The standard InChI is InChI=1S/C16H22F3NO5/c1-5-13(23-4)14(24-8-6-7-22-3)9-11(2)12-10-15(21,25-20-12)16(17,18)19/h5,9,21H,1,6-8,10H2,2-4H3/b11-9+,14-13-. The van der Waals surface area contributed by atoms with Gasteiger partial charge in [-0.3, -0.25) is 0 Å². The molecule has 0 fully saturated rings. The van der Waals surface area contributed by atoms with Crippen LogP contribution in [-0.2, 0) is 19.0 Å². The van der Waals surface area contributed by atoms with Gasteiger partial charge in [-0.15, -0.1) is 0 Å². The average Bonchev–Trinajstić information content (AvgIpc) is 2.96. The summed E-state index contributed by atoms with van der Waals surface area (Å²) >= 11 is 0. The Morgan fingerprint density at radius 1 is 1.36 bits per heavy atom. The Hall–Kier alpha value is -2.00. The number of methoxy groups -OCH3 is 2. The van der Waals surface area contributed by atoms with Crippen LogP contribution in [0.4, 0.5) is 13.2 Å². The van der Waals surface area contributed by atoms with Crippen LogP contribution >= 0.6 is 0 Å². The Morgan fingerprint density at radius 2 is 2.04 bits per heavy atom. The lowest BCUT2D eigenvalue weighted by molar-refractivity contribution is -0.355. The van der Waals surface area contributed by atoms with E-state index in [1.54, 1.807) is 7.11 Å². The van der Waals surface area contributed by atoms with Crippen molar-refractivity contribution in [2.75, 3.05) is 27.4 Å². The third kappa shape index (κ3) is 5.50. The van der Waals surface area contributed by atoms with Crippen molar-refractivity contribution in [1.29, 1.82) is 0 Å². The molecule has 0 saturated carbocycles. The summed E-state index contributed by atoms with van der Waals surface area (Å²) in [6, 6.07) is 0. The molecule has 0 aromatic heterocycles. The van der Waals surface area contributed by atoms with Gasteiger partial charge in [0, 0.05) is 20.1 Å². The Morgan fingerprint density at radius 3 is 2.52 bits per heavy atom. The van der Waals surface area contributed by atoms with Gasteiger partial charge < -0.3 is 24.2 Å². The van der Waals surface area contributed by atoms with E-state index in [-0.39, 0.29) is 11.5 Å². The predicted octanol–water partition coefficient (Wildman–Crippen LogP) is 3.06. The van der Waals surface area contributed by atoms with E-state index in [0.29, 0.717) is 31.0 Å². The maximum atomic E-state index is 12.8. The summed E-state index contributed by atoms with van der Waals surface area (Å²) in [4.78, 5) is 4.20. The van der Waals surface area contributed by atoms with E-state index >= 15 is 0 Å². The first-order valence-corrected chi connectivity index (χ1v) is 7.43. The van der Waals surface area contributed by atoms with Crippen molar-refractivity contribution in [3.05, 3.63) is 35.8 Å². The number of nitrogens with zero attached hydrogens (tertiary/aromatic N) is 1. The number of alkyl halides is 3. The van der Waals surface area contributed by atoms with Crippen LogP contribution in [-0.4, -0.2) is 50.2 Å². The molecule has 0 aromatic carbocycles. The molecular formula is C16H22F3NO5. The van der Waals surface area contributed by atoms with Gasteiger partial charge in [-0.1, -0.05) is 11.7 Å². The van der Waals surface area contributed by atoms with Gasteiger partial charge >= 0.3 is 12.0 Å². The molecule has 1 atom stereocenters. The van der Waals surface area contributed by atoms with E-state index in [4.69, 9.17) is 14.2 Å². The van der Waals surface area contributed by atoms with Crippen LogP contribution in [0.5, 0.6) is 0 Å². The molecule has 0 radical (unpaired) electrons. The first-order valence-electron chi connectivity index (χ1n) is 7.43. The summed E-state index contributed by atoms with van der Waals surface area (Å²) in [5, 5.41) is 12.8. The molecule has 0 bridgehead atoms. The maximum Gasteiger partial charge on any atom is 0.458 e. The molecule has 1 N–H and O–H groups in total. The van der Waals surface area contributed by atoms with Gasteiger partial charge in [0.2, 0.25) is 0 Å². The topological polar surface area (TPSA) is 69.5 Å². The zero-order valence-corrected chi connectivity index (χ0v) is 14.4. The fourth-order valence-electron chi connectivity index (χ4n) is 1.92. The van der Waals surface area contributed by atoms with E-state index in [1.807, 2.05) is 0 Å². The molecule has 0 spiro atoms. The van der Waals surface area contributed by atoms with Crippen molar-refractivity contribution < 1.29 is 37.3 Å². The zero-order valence-electron chi connectivity index (χ0n) is 14.4. The monoisotopic (exact) mass is 365 g/mol. The summed E-state index contributed by atoms with van der Waals surface area (Å²) in [7, 11) is 2.97. The Labute approximate surface area is 144 Å². The molecule has 1 unspecified atom stereocenters. The van der Waals surface area contributed by atoms with Crippen molar-refractivity contribution in [3.63, 3.8) is 0 Å². The molecule has 0 aliphatic carbocycles. The first-order chi connectivity index (χ1) is 11.7. The molecular weight excluding hydrogens is 343 g/mol. The molecule has 1 heterocycles. The molecule has 25 heavy (non-hydrogen) atoms. The van der Waals surface area contributed by atoms with Gasteiger partial charge in [0.05, 0.1) is 25.8 Å². The summed E-state index contributed by atoms with van der Waals surface area (Å²) in [6.07, 6.45) is -2.29. The molecule has 1 aliphatic heterocycles. The molecule has 6 nitrogen and oxygen atoms in total. The van der Waals surface area contributed by atoms with Gasteiger partial charge in [0.15, 0.2) is 11.5 Å². The van der Waals surface area contributed by atoms with Crippen LogP contribution in [0.3, 0.4) is 0 Å². The van der Waals surface area contributed by atoms with E-state index in [1.165, 1.54) is 26.2 Å². The third-order valence-electron chi connectivity index (χ3n) is 3.36. The fourth-order valence-corrected chi connectivity index (χ4v) is 1.92. The number of aliphatic hydroxyl groups is 1. The van der Waals surface area contributed by atoms with E-state index in [9.17, 15) is 18.3 Å². The lowest BCUT2D eigenvalue weighted by atomic mass is 10.0. The fraction of sp³-hybridized carbons (Fsp3) is 0.562. The van der Waals surface area contributed by atoms with Gasteiger partial charge in [-0.25, -0.2) is 0 Å². The number of halogens is 3. The average molecular weight is 365 g/mol. The van der Waals surface area contributed by atoms with Crippen LogP contribution in [0.15, 0.2) is 41.0 Å². The molecule has 142 valence electrons. The normalized spacial score (nSPS) is 22.0. The molecule has 0 saturated heterocycles. The van der Waals surface area contributed by atoms with Crippen LogP contribution < -0.4 is 0 Å². The second kappa shape index (κ2) is 8.91. The Balaban J connectivity index is 2.94. The van der Waals surface area contributed by atoms with Crippen molar-refractivity contribution in [2.24, 2.45) is 5.16 Å². The smallest absolute Gasteiger partial charge is 0.458 e. The number of hydrogen-bond acceptors (Lipinski definition) is 6. The van der Waals surface area contributed by atoms with Gasteiger partial charge in [0.1, 0.15) is 0 Å². The Bertz CT molecular complexity index is 569. The van der Waals surface area contributed by atoms with Crippen molar-refractivity contribution >= 4 is 5.71 Å². The van der Waals surface area contributed by atoms with Gasteiger partial charge in [-0.2, -0.15) is 13.2 Å². The van der Waals surface area contributed by atoms with Crippen molar-refractivity contribution in [2.45, 2.75) is 31.7 Å². The van der Waals surface area contributed by atoms with Crippen LogP contribution in [0.1, 0.15) is 19.8 Å². The minimum Gasteiger partial charge on any atom is -0.493 e. The van der Waals surface area contributed by atoms with Gasteiger partial charge in [0.25, 0.3) is 0 Å². The third-order valence-corrected chi connectivity index (χ3v) is 3.36. The molecule has 0 amide bonds. The second-order valence-corrected chi connectivity index (χ2v) is 5.25. The quantitative estimate of drug-likeness (QED) is 0.386. The summed E-state index contributed by atoms with van der Waals surface area (Å²) in [6.45, 7) is 5.92. The largest absolute Gasteiger partial charge is 0.493 e. The zero-order chi connectivity index (χ0) is 19.1. The molecule has 1 aliphatic rings. The number of ether oxygens (including phenoxy) is 3. The second-order valence-electron chi connectivity index (χ2n) is 5.25. The van der Waals surface area contributed by atoms with Crippen molar-refractivity contribution in [1.82, 2.24) is 0 Å². The number of oxime groups is 1. The first kappa shape index (κ1) is 21.0. The number of hydrogen-bond donors (Lipinski definition) is 1. The molecule has 9 heteroatoms. The highest BCUT2D eigenvalue weighted by Gasteiger charge is 2.60. The molecule has 0 aromatic rings. The minimum absolute atomic E-state index is 0.0441. The summed E-state index contributed by atoms with van der Waals surface area (Å²) < 4.78 is 54.0. The Kier molecular flexibility index (Phi) is 7.50. The molecule has 1 rings (SSSR count). The maximum absolute atomic E-state index is 12.8. The predicted molar refractivity (Wildman–Crippen MR) is 84.6 cm³/mol. The number of allylic oxidation sites excluding steroid dienone is 3.